The molecule has 0 aliphatic heterocycles. The van der Waals surface area contributed by atoms with Gasteiger partial charge in [0.2, 0.25) is 0 Å². The smallest absolute Gasteiger partial charge is 0.335 e. The topological polar surface area (TPSA) is 26.3 Å². The van der Waals surface area contributed by atoms with E-state index in [9.17, 15) is 13.6 Å². The van der Waals surface area contributed by atoms with Crippen molar-refractivity contribution in [3.05, 3.63) is 54.6 Å². The van der Waals surface area contributed by atoms with Gasteiger partial charge in [-0.25, -0.2) is 13.6 Å². The minimum absolute atomic E-state index is 0.215. The number of esters is 1. The number of benzene rings is 2. The van der Waals surface area contributed by atoms with Crippen molar-refractivity contribution in [3.63, 3.8) is 0 Å². The Morgan fingerprint density at radius 1 is 1.24 bits per heavy atom. The molecule has 0 radical (unpaired) electrons. The van der Waals surface area contributed by atoms with Crippen LogP contribution in [0.25, 0.3) is 10.8 Å². The van der Waals surface area contributed by atoms with E-state index in [1.54, 1.807) is 0 Å². The number of carbonyl (C=O) groups excluding carboxylic acids is 1. The van der Waals surface area contributed by atoms with Crippen LogP contribution in [0.1, 0.15) is 0 Å². The molecular formula is C13H8F2O2. The summed E-state index contributed by atoms with van der Waals surface area (Å²) < 4.78 is 31.3. The SMILES string of the molecule is C=CC(=O)Oc1c(F)ccc2cc(F)ccc12. The summed E-state index contributed by atoms with van der Waals surface area (Å²) in [6, 6.07) is 6.30. The predicted molar refractivity (Wildman–Crippen MR) is 59.7 cm³/mol. The van der Waals surface area contributed by atoms with Crippen LogP contribution >= 0.6 is 0 Å². The van der Waals surface area contributed by atoms with Crippen LogP contribution in [0.2, 0.25) is 0 Å². The average molecular weight is 234 g/mol. The summed E-state index contributed by atoms with van der Waals surface area (Å²) in [6.07, 6.45) is 0.932. The van der Waals surface area contributed by atoms with Gasteiger partial charge in [-0.1, -0.05) is 12.6 Å². The Labute approximate surface area is 96.1 Å². The molecule has 0 spiro atoms. The molecule has 0 aromatic heterocycles. The minimum atomic E-state index is -0.763. The molecule has 2 aromatic rings. The third kappa shape index (κ3) is 2.15. The number of hydrogen-bond donors (Lipinski definition) is 0. The molecule has 2 rings (SSSR count). The number of ether oxygens (including phenoxy) is 1. The van der Waals surface area contributed by atoms with E-state index in [-0.39, 0.29) is 5.75 Å². The lowest BCUT2D eigenvalue weighted by atomic mass is 10.1. The monoisotopic (exact) mass is 234 g/mol. The highest BCUT2D eigenvalue weighted by Gasteiger charge is 2.12. The van der Waals surface area contributed by atoms with Gasteiger partial charge in [-0.15, -0.1) is 0 Å². The van der Waals surface area contributed by atoms with Gasteiger partial charge < -0.3 is 4.74 Å². The van der Waals surface area contributed by atoms with E-state index in [0.717, 1.165) is 12.1 Å². The maximum Gasteiger partial charge on any atom is 0.335 e. The molecule has 4 heteroatoms. The number of hydrogen-bond acceptors (Lipinski definition) is 2. The number of carbonyl (C=O) groups is 1. The molecule has 0 N–H and O–H groups in total. The van der Waals surface area contributed by atoms with Crippen molar-refractivity contribution in [2.75, 3.05) is 0 Å². The highest BCUT2D eigenvalue weighted by Crippen LogP contribution is 2.29. The van der Waals surface area contributed by atoms with Crippen LogP contribution < -0.4 is 4.74 Å². The zero-order valence-electron chi connectivity index (χ0n) is 8.74. The standard InChI is InChI=1S/C13H8F2O2/c1-2-12(16)17-13-10-5-4-9(14)7-8(10)3-6-11(13)15/h2-7H,1H2. The van der Waals surface area contributed by atoms with Gasteiger partial charge in [0.25, 0.3) is 0 Å². The van der Waals surface area contributed by atoms with Crippen molar-refractivity contribution in [2.45, 2.75) is 0 Å². The second kappa shape index (κ2) is 4.33. The summed E-state index contributed by atoms with van der Waals surface area (Å²) in [6.45, 7) is 3.22. The van der Waals surface area contributed by atoms with Crippen LogP contribution in [0.15, 0.2) is 43.0 Å². The highest BCUT2D eigenvalue weighted by molar-refractivity contribution is 5.92. The van der Waals surface area contributed by atoms with Crippen molar-refractivity contribution in [2.24, 2.45) is 0 Å². The lowest BCUT2D eigenvalue weighted by molar-refractivity contribution is -0.129. The fourth-order valence-electron chi connectivity index (χ4n) is 1.49. The van der Waals surface area contributed by atoms with Crippen LogP contribution in [-0.2, 0) is 4.79 Å². The Bertz CT molecular complexity index is 606. The Morgan fingerprint density at radius 2 is 2.00 bits per heavy atom. The van der Waals surface area contributed by atoms with Gasteiger partial charge >= 0.3 is 5.97 Å². The number of rotatable bonds is 2. The Kier molecular flexibility index (Phi) is 2.87. The minimum Gasteiger partial charge on any atom is -0.420 e. The number of fused-ring (bicyclic) bond motifs is 1. The average Bonchev–Trinajstić information content (AvgIpc) is 2.32. The molecular weight excluding hydrogens is 226 g/mol. The third-order valence-corrected chi connectivity index (χ3v) is 2.25. The van der Waals surface area contributed by atoms with Crippen LogP contribution in [0, 0.1) is 11.6 Å². The molecule has 0 amide bonds. The number of halogens is 2. The fourth-order valence-corrected chi connectivity index (χ4v) is 1.49. The summed E-state index contributed by atoms with van der Waals surface area (Å²) in [4.78, 5) is 11.1. The lowest BCUT2D eigenvalue weighted by Gasteiger charge is -2.07. The molecule has 0 heterocycles. The summed E-state index contributed by atoms with van der Waals surface area (Å²) in [7, 11) is 0. The van der Waals surface area contributed by atoms with Gasteiger partial charge in [-0.05, 0) is 29.7 Å². The van der Waals surface area contributed by atoms with Crippen molar-refractivity contribution in [1.29, 1.82) is 0 Å². The van der Waals surface area contributed by atoms with Crippen molar-refractivity contribution in [3.8, 4) is 5.75 Å². The fraction of sp³-hybridized carbons (Fsp3) is 0. The van der Waals surface area contributed by atoms with E-state index in [0.29, 0.717) is 10.8 Å². The second-order valence-electron chi connectivity index (χ2n) is 3.37. The van der Waals surface area contributed by atoms with E-state index >= 15 is 0 Å². The zero-order chi connectivity index (χ0) is 12.4. The van der Waals surface area contributed by atoms with Crippen LogP contribution in [0.5, 0.6) is 5.75 Å². The largest absolute Gasteiger partial charge is 0.420 e. The zero-order valence-corrected chi connectivity index (χ0v) is 8.74. The van der Waals surface area contributed by atoms with Crippen LogP contribution in [0.4, 0.5) is 8.78 Å². The van der Waals surface area contributed by atoms with Gasteiger partial charge in [0, 0.05) is 11.5 Å². The molecule has 0 saturated heterocycles. The van der Waals surface area contributed by atoms with E-state index in [1.165, 1.54) is 24.3 Å². The molecule has 2 nitrogen and oxygen atoms in total. The molecule has 0 atom stereocenters. The summed E-state index contributed by atoms with van der Waals surface area (Å²) in [5.74, 6) is -2.10. The van der Waals surface area contributed by atoms with Gasteiger partial charge in [0.05, 0.1) is 0 Å². The predicted octanol–water partition coefficient (Wildman–Crippen LogP) is 3.21. The first-order valence-corrected chi connectivity index (χ1v) is 4.84. The molecule has 0 aliphatic carbocycles. The Hall–Kier alpha value is -2.23. The molecule has 17 heavy (non-hydrogen) atoms. The Morgan fingerprint density at radius 3 is 2.71 bits per heavy atom. The lowest BCUT2D eigenvalue weighted by Crippen LogP contribution is -2.05. The Balaban J connectivity index is 2.63. The summed E-state index contributed by atoms with van der Waals surface area (Å²) in [5.41, 5.74) is 0. The summed E-state index contributed by atoms with van der Waals surface area (Å²) in [5, 5.41) is 0.792. The normalized spacial score (nSPS) is 10.2. The molecule has 0 saturated carbocycles. The molecule has 0 bridgehead atoms. The van der Waals surface area contributed by atoms with Crippen molar-refractivity contribution >= 4 is 16.7 Å². The van der Waals surface area contributed by atoms with E-state index in [1.807, 2.05) is 0 Å². The van der Waals surface area contributed by atoms with Gasteiger partial charge in [-0.3, -0.25) is 0 Å². The first kappa shape index (κ1) is 11.3. The summed E-state index contributed by atoms with van der Waals surface area (Å²) >= 11 is 0. The molecule has 0 fully saturated rings. The second-order valence-corrected chi connectivity index (χ2v) is 3.37. The first-order valence-electron chi connectivity index (χ1n) is 4.84. The van der Waals surface area contributed by atoms with E-state index < -0.39 is 17.6 Å². The van der Waals surface area contributed by atoms with Gasteiger partial charge in [-0.2, -0.15) is 0 Å². The van der Waals surface area contributed by atoms with E-state index in [4.69, 9.17) is 4.74 Å². The third-order valence-electron chi connectivity index (χ3n) is 2.25. The van der Waals surface area contributed by atoms with Crippen molar-refractivity contribution < 1.29 is 18.3 Å². The molecule has 0 aliphatic rings. The van der Waals surface area contributed by atoms with E-state index in [2.05, 4.69) is 6.58 Å². The van der Waals surface area contributed by atoms with Crippen LogP contribution in [0.3, 0.4) is 0 Å². The quantitative estimate of drug-likeness (QED) is 0.453. The molecule has 2 aromatic carbocycles. The maximum absolute atomic E-state index is 13.5. The molecule has 86 valence electrons. The first-order chi connectivity index (χ1) is 8.11. The highest BCUT2D eigenvalue weighted by atomic mass is 19.1. The maximum atomic E-state index is 13.5. The van der Waals surface area contributed by atoms with Crippen molar-refractivity contribution in [1.82, 2.24) is 0 Å². The van der Waals surface area contributed by atoms with Crippen LogP contribution in [-0.4, -0.2) is 5.97 Å². The van der Waals surface area contributed by atoms with Gasteiger partial charge in [0.1, 0.15) is 5.82 Å². The molecule has 0 unspecified atom stereocenters. The van der Waals surface area contributed by atoms with Gasteiger partial charge in [0.15, 0.2) is 11.6 Å².